The Hall–Kier alpha value is -2.88. The van der Waals surface area contributed by atoms with Gasteiger partial charge in [0.05, 0.1) is 17.7 Å². The number of non-ortho nitro benzene ring substituents is 1. The average molecular weight is 397 g/mol. The Kier molecular flexibility index (Phi) is 6.94. The van der Waals surface area contributed by atoms with Crippen LogP contribution in [-0.4, -0.2) is 29.7 Å². The van der Waals surface area contributed by atoms with Crippen molar-refractivity contribution in [2.75, 3.05) is 17.7 Å². The number of ether oxygens (including phenoxy) is 1. The van der Waals surface area contributed by atoms with Gasteiger partial charge in [-0.05, 0) is 37.3 Å². The average Bonchev–Trinajstić information content (AvgIpc) is 2.62. The molecule has 0 heterocycles. The molecule has 0 aromatic heterocycles. The van der Waals surface area contributed by atoms with Crippen LogP contribution in [0.15, 0.2) is 47.4 Å². The summed E-state index contributed by atoms with van der Waals surface area (Å²) in [5.41, 5.74) is 0.565. The molecule has 2 aromatic rings. The molecule has 0 saturated heterocycles. The Bertz CT molecular complexity index is 818. The van der Waals surface area contributed by atoms with Crippen LogP contribution in [0, 0.1) is 10.1 Å². The van der Waals surface area contributed by atoms with E-state index in [0.717, 1.165) is 0 Å². The van der Waals surface area contributed by atoms with Gasteiger partial charge in [-0.2, -0.15) is 8.78 Å². The van der Waals surface area contributed by atoms with E-state index in [1.54, 1.807) is 19.1 Å². The van der Waals surface area contributed by atoms with E-state index in [4.69, 9.17) is 4.74 Å². The lowest BCUT2D eigenvalue weighted by Gasteiger charge is -2.17. The number of nitro groups is 1. The minimum atomic E-state index is -2.50. The molecule has 0 radical (unpaired) electrons. The predicted octanol–water partition coefficient (Wildman–Crippen LogP) is 4.36. The summed E-state index contributed by atoms with van der Waals surface area (Å²) in [6.07, 6.45) is 0. The van der Waals surface area contributed by atoms with Gasteiger partial charge in [0, 0.05) is 22.7 Å². The maximum absolute atomic E-state index is 12.4. The van der Waals surface area contributed by atoms with Crippen LogP contribution in [-0.2, 0) is 4.79 Å². The number of anilines is 2. The van der Waals surface area contributed by atoms with Crippen LogP contribution in [0.3, 0.4) is 0 Å². The Labute approximate surface area is 158 Å². The van der Waals surface area contributed by atoms with Gasteiger partial charge in [-0.25, -0.2) is 0 Å². The second kappa shape index (κ2) is 9.17. The van der Waals surface area contributed by atoms with E-state index < -0.39 is 22.6 Å². The molecule has 0 aliphatic heterocycles. The number of carbonyl (C=O) groups excluding carboxylic acids is 1. The molecule has 1 amide bonds. The van der Waals surface area contributed by atoms with Crippen LogP contribution in [0.25, 0.3) is 0 Å². The highest BCUT2D eigenvalue weighted by Crippen LogP contribution is 2.29. The van der Waals surface area contributed by atoms with Crippen molar-refractivity contribution in [3.8, 4) is 5.75 Å². The summed E-state index contributed by atoms with van der Waals surface area (Å²) in [6, 6.07) is 9.40. The number of nitrogens with one attached hydrogen (secondary N) is 2. The van der Waals surface area contributed by atoms with Crippen molar-refractivity contribution in [1.29, 1.82) is 0 Å². The maximum Gasteiger partial charge on any atom is 0.288 e. The molecule has 0 fully saturated rings. The number of halogens is 2. The molecule has 10 heteroatoms. The van der Waals surface area contributed by atoms with Crippen LogP contribution >= 0.6 is 11.8 Å². The van der Waals surface area contributed by atoms with E-state index >= 15 is 0 Å². The summed E-state index contributed by atoms with van der Waals surface area (Å²) in [7, 11) is 1.39. The lowest BCUT2D eigenvalue weighted by molar-refractivity contribution is -0.384. The minimum absolute atomic E-state index is 0.175. The van der Waals surface area contributed by atoms with Crippen molar-refractivity contribution in [2.45, 2.75) is 23.6 Å². The third kappa shape index (κ3) is 5.81. The minimum Gasteiger partial charge on any atom is -0.495 e. The van der Waals surface area contributed by atoms with E-state index in [1.807, 2.05) is 0 Å². The SMILES string of the molecule is COc1ccc([N+](=O)[O-])cc1NC(=O)[C@H](C)Nc1ccc(SC(F)F)cc1. The summed E-state index contributed by atoms with van der Waals surface area (Å²) in [4.78, 5) is 23.1. The van der Waals surface area contributed by atoms with Gasteiger partial charge in [0.2, 0.25) is 5.91 Å². The molecule has 0 aliphatic carbocycles. The number of amides is 1. The van der Waals surface area contributed by atoms with Crippen LogP contribution in [0.2, 0.25) is 0 Å². The third-order valence-corrected chi connectivity index (χ3v) is 4.23. The van der Waals surface area contributed by atoms with Gasteiger partial charge >= 0.3 is 0 Å². The van der Waals surface area contributed by atoms with Crippen molar-refractivity contribution in [1.82, 2.24) is 0 Å². The van der Waals surface area contributed by atoms with Crippen LogP contribution in [0.4, 0.5) is 25.8 Å². The number of hydrogen-bond donors (Lipinski definition) is 2. The van der Waals surface area contributed by atoms with Gasteiger partial charge in [-0.1, -0.05) is 11.8 Å². The normalized spacial score (nSPS) is 11.7. The fourth-order valence-electron chi connectivity index (χ4n) is 2.20. The summed E-state index contributed by atoms with van der Waals surface area (Å²) < 4.78 is 29.8. The smallest absolute Gasteiger partial charge is 0.288 e. The lowest BCUT2D eigenvalue weighted by Crippen LogP contribution is -2.32. The van der Waals surface area contributed by atoms with E-state index in [9.17, 15) is 23.7 Å². The van der Waals surface area contributed by atoms with Crippen LogP contribution in [0.1, 0.15) is 6.92 Å². The Morgan fingerprint density at radius 3 is 2.44 bits per heavy atom. The fraction of sp³-hybridized carbons (Fsp3) is 0.235. The standard InChI is InChI=1S/C17H17F2N3O4S/c1-10(20-11-3-6-13(7-4-11)27-17(18)19)16(23)21-14-9-12(22(24)25)5-8-15(14)26-2/h3-10,17,20H,1-2H3,(H,21,23)/t10-/m0/s1. The van der Waals surface area contributed by atoms with E-state index in [-0.39, 0.29) is 17.1 Å². The number of benzene rings is 2. The fourth-order valence-corrected chi connectivity index (χ4v) is 2.70. The maximum atomic E-state index is 12.4. The van der Waals surface area contributed by atoms with Crippen molar-refractivity contribution >= 4 is 34.7 Å². The molecule has 2 rings (SSSR count). The zero-order valence-electron chi connectivity index (χ0n) is 14.4. The molecule has 27 heavy (non-hydrogen) atoms. The molecule has 0 aliphatic rings. The van der Waals surface area contributed by atoms with E-state index in [2.05, 4.69) is 10.6 Å². The topological polar surface area (TPSA) is 93.5 Å². The van der Waals surface area contributed by atoms with Gasteiger partial charge in [-0.3, -0.25) is 14.9 Å². The summed E-state index contributed by atoms with van der Waals surface area (Å²) >= 11 is 0.433. The molecule has 1 atom stereocenters. The number of rotatable bonds is 8. The Morgan fingerprint density at radius 1 is 1.22 bits per heavy atom. The molecule has 0 unspecified atom stereocenters. The highest BCUT2D eigenvalue weighted by atomic mass is 32.2. The molecular weight excluding hydrogens is 380 g/mol. The molecule has 0 bridgehead atoms. The predicted molar refractivity (Wildman–Crippen MR) is 99.7 cm³/mol. The first-order valence-corrected chi connectivity index (χ1v) is 8.63. The number of nitrogens with zero attached hydrogens (tertiary/aromatic N) is 1. The first-order valence-electron chi connectivity index (χ1n) is 7.75. The van der Waals surface area contributed by atoms with E-state index in [0.29, 0.717) is 22.3 Å². The number of nitro benzene ring substituents is 1. The summed E-state index contributed by atoms with van der Waals surface area (Å²) in [5, 5.41) is 16.4. The van der Waals surface area contributed by atoms with Crippen LogP contribution < -0.4 is 15.4 Å². The number of thioether (sulfide) groups is 1. The molecule has 2 N–H and O–H groups in total. The zero-order chi connectivity index (χ0) is 20.0. The van der Waals surface area contributed by atoms with Crippen molar-refractivity contribution in [3.05, 3.63) is 52.6 Å². The Morgan fingerprint density at radius 2 is 1.89 bits per heavy atom. The number of carbonyl (C=O) groups is 1. The van der Waals surface area contributed by atoms with Crippen molar-refractivity contribution < 1.29 is 23.2 Å². The lowest BCUT2D eigenvalue weighted by atomic mass is 10.2. The van der Waals surface area contributed by atoms with Crippen molar-refractivity contribution in [3.63, 3.8) is 0 Å². The highest BCUT2D eigenvalue weighted by molar-refractivity contribution is 7.99. The first kappa shape index (κ1) is 20.4. The third-order valence-electron chi connectivity index (χ3n) is 3.51. The van der Waals surface area contributed by atoms with Gasteiger partial charge in [0.1, 0.15) is 11.8 Å². The van der Waals surface area contributed by atoms with Gasteiger partial charge in [0.25, 0.3) is 11.4 Å². The number of methoxy groups -OCH3 is 1. The Balaban J connectivity index is 2.05. The first-order chi connectivity index (χ1) is 12.8. The largest absolute Gasteiger partial charge is 0.495 e. The number of alkyl halides is 2. The van der Waals surface area contributed by atoms with Crippen molar-refractivity contribution in [2.24, 2.45) is 0 Å². The van der Waals surface area contributed by atoms with Gasteiger partial charge in [-0.15, -0.1) is 0 Å². The second-order valence-corrected chi connectivity index (χ2v) is 6.46. The molecule has 0 saturated carbocycles. The highest BCUT2D eigenvalue weighted by Gasteiger charge is 2.18. The molecule has 0 spiro atoms. The molecule has 144 valence electrons. The monoisotopic (exact) mass is 397 g/mol. The zero-order valence-corrected chi connectivity index (χ0v) is 15.3. The van der Waals surface area contributed by atoms with E-state index in [1.165, 1.54) is 37.4 Å². The van der Waals surface area contributed by atoms with Gasteiger partial charge in [0.15, 0.2) is 0 Å². The summed E-state index contributed by atoms with van der Waals surface area (Å²) in [6.45, 7) is 1.60. The molecule has 7 nitrogen and oxygen atoms in total. The quantitative estimate of drug-likeness (QED) is 0.391. The molecular formula is C17H17F2N3O4S. The van der Waals surface area contributed by atoms with Gasteiger partial charge < -0.3 is 15.4 Å². The molecule has 2 aromatic carbocycles. The van der Waals surface area contributed by atoms with Crippen LogP contribution in [0.5, 0.6) is 5.75 Å². The second-order valence-electron chi connectivity index (χ2n) is 5.40. The number of hydrogen-bond acceptors (Lipinski definition) is 6. The summed E-state index contributed by atoms with van der Waals surface area (Å²) in [5.74, 6) is -2.66.